The molecule has 0 fully saturated rings. The summed E-state index contributed by atoms with van der Waals surface area (Å²) in [6.45, 7) is -0.0978. The Morgan fingerprint density at radius 1 is 1.17 bits per heavy atom. The molecule has 0 spiro atoms. The Morgan fingerprint density at radius 3 is 2.71 bits per heavy atom. The van der Waals surface area contributed by atoms with Gasteiger partial charge in [-0.05, 0) is 24.3 Å². The minimum absolute atomic E-state index is 0.0978. The van der Waals surface area contributed by atoms with E-state index in [-0.39, 0.29) is 12.3 Å². The maximum absolute atomic E-state index is 13.3. The van der Waals surface area contributed by atoms with Crippen LogP contribution in [-0.2, 0) is 11.3 Å². The van der Waals surface area contributed by atoms with Gasteiger partial charge in [-0.2, -0.15) is 5.10 Å². The first-order valence-corrected chi connectivity index (χ1v) is 7.28. The number of ether oxygens (including phenoxy) is 2. The Kier molecular flexibility index (Phi) is 4.56. The van der Waals surface area contributed by atoms with Crippen molar-refractivity contribution in [2.75, 3.05) is 7.11 Å². The summed E-state index contributed by atoms with van der Waals surface area (Å²) in [5.74, 6) is -0.537. The third-order valence-corrected chi connectivity index (χ3v) is 3.47. The van der Waals surface area contributed by atoms with E-state index >= 15 is 0 Å². The Hall–Kier alpha value is -3.15. The van der Waals surface area contributed by atoms with E-state index in [1.54, 1.807) is 6.07 Å². The summed E-state index contributed by atoms with van der Waals surface area (Å²) >= 11 is 0. The third-order valence-electron chi connectivity index (χ3n) is 3.47. The molecule has 1 heterocycles. The molecule has 122 valence electrons. The molecule has 0 aliphatic carbocycles. The fourth-order valence-electron chi connectivity index (χ4n) is 2.26. The van der Waals surface area contributed by atoms with Gasteiger partial charge in [0.25, 0.3) is 0 Å². The van der Waals surface area contributed by atoms with Crippen LogP contribution < -0.4 is 4.74 Å². The van der Waals surface area contributed by atoms with Gasteiger partial charge in [-0.15, -0.1) is 0 Å². The lowest BCUT2D eigenvalue weighted by molar-refractivity contribution is 0.0462. The summed E-state index contributed by atoms with van der Waals surface area (Å²) in [5.41, 5.74) is 2.21. The lowest BCUT2D eigenvalue weighted by Gasteiger charge is -2.08. The maximum Gasteiger partial charge on any atom is 0.356 e. The minimum atomic E-state index is -0.573. The minimum Gasteiger partial charge on any atom is -0.496 e. The number of H-pyrrole nitrogens is 1. The Morgan fingerprint density at radius 2 is 1.96 bits per heavy atom. The van der Waals surface area contributed by atoms with Crippen LogP contribution in [0, 0.1) is 5.82 Å². The third kappa shape index (κ3) is 3.43. The first-order chi connectivity index (χ1) is 11.7. The molecular formula is C18H15FN2O3. The zero-order valence-corrected chi connectivity index (χ0v) is 13.0. The molecule has 24 heavy (non-hydrogen) atoms. The van der Waals surface area contributed by atoms with Crippen molar-refractivity contribution in [2.45, 2.75) is 6.61 Å². The van der Waals surface area contributed by atoms with Crippen LogP contribution in [0.1, 0.15) is 16.1 Å². The number of hydrogen-bond donors (Lipinski definition) is 1. The molecule has 0 saturated carbocycles. The summed E-state index contributed by atoms with van der Waals surface area (Å²) < 4.78 is 23.6. The number of nitrogens with zero attached hydrogens (tertiary/aromatic N) is 1. The van der Waals surface area contributed by atoms with Crippen molar-refractivity contribution in [1.82, 2.24) is 10.2 Å². The van der Waals surface area contributed by atoms with Gasteiger partial charge in [0.1, 0.15) is 23.9 Å². The second-order valence-electron chi connectivity index (χ2n) is 5.07. The van der Waals surface area contributed by atoms with Gasteiger partial charge in [0.2, 0.25) is 0 Å². The standard InChI is InChI=1S/C18H15FN2O3/c1-23-17-8-7-14(19)9-13(17)11-24-18(22)16-10-15(20-21-16)12-5-3-2-4-6-12/h2-10H,11H2,1H3,(H,20,21). The molecule has 0 saturated heterocycles. The maximum atomic E-state index is 13.3. The van der Waals surface area contributed by atoms with Gasteiger partial charge in [0.15, 0.2) is 0 Å². The van der Waals surface area contributed by atoms with E-state index in [2.05, 4.69) is 10.2 Å². The zero-order valence-electron chi connectivity index (χ0n) is 13.0. The van der Waals surface area contributed by atoms with Crippen LogP contribution >= 0.6 is 0 Å². The van der Waals surface area contributed by atoms with Gasteiger partial charge in [-0.1, -0.05) is 30.3 Å². The number of methoxy groups -OCH3 is 1. The second-order valence-corrected chi connectivity index (χ2v) is 5.07. The highest BCUT2D eigenvalue weighted by Gasteiger charge is 2.14. The van der Waals surface area contributed by atoms with Gasteiger partial charge in [0, 0.05) is 11.1 Å². The number of aromatic nitrogens is 2. The highest BCUT2D eigenvalue weighted by atomic mass is 19.1. The topological polar surface area (TPSA) is 64.2 Å². The normalized spacial score (nSPS) is 10.4. The van der Waals surface area contributed by atoms with Crippen LogP contribution in [0.5, 0.6) is 5.75 Å². The lowest BCUT2D eigenvalue weighted by atomic mass is 10.1. The van der Waals surface area contributed by atoms with E-state index in [0.29, 0.717) is 17.0 Å². The SMILES string of the molecule is COc1ccc(F)cc1COC(=O)c1cc(-c2ccccc2)n[nH]1. The van der Waals surface area contributed by atoms with E-state index in [0.717, 1.165) is 5.56 Å². The quantitative estimate of drug-likeness (QED) is 0.728. The number of carbonyl (C=O) groups is 1. The van der Waals surface area contributed by atoms with Crippen LogP contribution in [0.2, 0.25) is 0 Å². The molecule has 0 aliphatic heterocycles. The largest absolute Gasteiger partial charge is 0.496 e. The van der Waals surface area contributed by atoms with Crippen LogP contribution in [0.15, 0.2) is 54.6 Å². The number of benzene rings is 2. The number of halogens is 1. The van der Waals surface area contributed by atoms with Gasteiger partial charge in [-0.3, -0.25) is 5.10 Å². The summed E-state index contributed by atoms with van der Waals surface area (Å²) in [6.07, 6.45) is 0. The van der Waals surface area contributed by atoms with Gasteiger partial charge in [0.05, 0.1) is 12.8 Å². The van der Waals surface area contributed by atoms with Gasteiger partial charge in [-0.25, -0.2) is 9.18 Å². The Balaban J connectivity index is 1.70. The highest BCUT2D eigenvalue weighted by Crippen LogP contribution is 2.21. The Labute approximate surface area is 138 Å². The molecule has 5 nitrogen and oxygen atoms in total. The molecule has 0 radical (unpaired) electrons. The van der Waals surface area contributed by atoms with Crippen LogP contribution in [-0.4, -0.2) is 23.3 Å². The molecular weight excluding hydrogens is 311 g/mol. The van der Waals surface area contributed by atoms with E-state index in [1.165, 1.54) is 25.3 Å². The fourth-order valence-corrected chi connectivity index (χ4v) is 2.26. The number of hydrogen-bond acceptors (Lipinski definition) is 4. The van der Waals surface area contributed by atoms with Crippen molar-refractivity contribution in [2.24, 2.45) is 0 Å². The van der Waals surface area contributed by atoms with Crippen LogP contribution in [0.3, 0.4) is 0 Å². The number of aromatic amines is 1. The summed E-state index contributed by atoms with van der Waals surface area (Å²) in [4.78, 5) is 12.1. The summed E-state index contributed by atoms with van der Waals surface area (Å²) in [6, 6.07) is 15.1. The van der Waals surface area contributed by atoms with Crippen molar-refractivity contribution in [3.05, 3.63) is 71.7 Å². The van der Waals surface area contributed by atoms with Gasteiger partial charge >= 0.3 is 5.97 Å². The Bertz CT molecular complexity index is 846. The van der Waals surface area contributed by atoms with Crippen LogP contribution in [0.4, 0.5) is 4.39 Å². The molecule has 2 aromatic carbocycles. The molecule has 6 heteroatoms. The molecule has 1 aromatic heterocycles. The van der Waals surface area contributed by atoms with Gasteiger partial charge < -0.3 is 9.47 Å². The monoisotopic (exact) mass is 326 g/mol. The van der Waals surface area contributed by atoms with Crippen molar-refractivity contribution < 1.29 is 18.7 Å². The number of esters is 1. The van der Waals surface area contributed by atoms with Crippen molar-refractivity contribution in [3.63, 3.8) is 0 Å². The number of carbonyl (C=O) groups excluding carboxylic acids is 1. The molecule has 1 N–H and O–H groups in total. The van der Waals surface area contributed by atoms with E-state index in [9.17, 15) is 9.18 Å². The molecule has 0 unspecified atom stereocenters. The lowest BCUT2D eigenvalue weighted by Crippen LogP contribution is -2.06. The van der Waals surface area contributed by atoms with Crippen molar-refractivity contribution in [1.29, 1.82) is 0 Å². The van der Waals surface area contributed by atoms with E-state index < -0.39 is 11.8 Å². The number of rotatable bonds is 5. The first-order valence-electron chi connectivity index (χ1n) is 7.28. The second kappa shape index (κ2) is 6.95. The average Bonchev–Trinajstić information content (AvgIpc) is 3.11. The predicted molar refractivity (Wildman–Crippen MR) is 86.1 cm³/mol. The van der Waals surface area contributed by atoms with E-state index in [1.807, 2.05) is 30.3 Å². The van der Waals surface area contributed by atoms with Crippen LogP contribution in [0.25, 0.3) is 11.3 Å². The smallest absolute Gasteiger partial charge is 0.356 e. The summed E-state index contributed by atoms with van der Waals surface area (Å²) in [7, 11) is 1.47. The first kappa shape index (κ1) is 15.7. The molecule has 0 atom stereocenters. The zero-order chi connectivity index (χ0) is 16.9. The molecule has 3 rings (SSSR count). The predicted octanol–water partition coefficient (Wildman–Crippen LogP) is 3.58. The molecule has 0 amide bonds. The highest BCUT2D eigenvalue weighted by molar-refractivity contribution is 5.88. The fraction of sp³-hybridized carbons (Fsp3) is 0.111. The molecule has 3 aromatic rings. The average molecular weight is 326 g/mol. The van der Waals surface area contributed by atoms with E-state index in [4.69, 9.17) is 9.47 Å². The molecule has 0 aliphatic rings. The number of nitrogens with one attached hydrogen (secondary N) is 1. The summed E-state index contributed by atoms with van der Waals surface area (Å²) in [5, 5.41) is 6.75. The molecule has 0 bridgehead atoms. The van der Waals surface area contributed by atoms with Crippen molar-refractivity contribution >= 4 is 5.97 Å². The van der Waals surface area contributed by atoms with Crippen molar-refractivity contribution in [3.8, 4) is 17.0 Å².